The molecule has 0 saturated carbocycles. The van der Waals surface area contributed by atoms with Gasteiger partial charge in [0.15, 0.2) is 5.58 Å². The number of halogens is 4. The molecule has 0 radical (unpaired) electrons. The average Bonchev–Trinajstić information content (AvgIpc) is 3.05. The molecule has 2 aromatic heterocycles. The van der Waals surface area contributed by atoms with Gasteiger partial charge in [0, 0.05) is 45.0 Å². The van der Waals surface area contributed by atoms with Crippen molar-refractivity contribution in [3.8, 4) is 0 Å². The van der Waals surface area contributed by atoms with E-state index in [0.29, 0.717) is 55.5 Å². The Hall–Kier alpha value is -2.68. The van der Waals surface area contributed by atoms with E-state index in [0.717, 1.165) is 12.3 Å². The zero-order valence-electron chi connectivity index (χ0n) is 14.2. The number of piperazine rings is 1. The van der Waals surface area contributed by atoms with E-state index in [1.807, 2.05) is 4.90 Å². The van der Waals surface area contributed by atoms with Crippen molar-refractivity contribution in [3.63, 3.8) is 0 Å². The van der Waals surface area contributed by atoms with Gasteiger partial charge in [0.05, 0.1) is 11.3 Å². The lowest BCUT2D eigenvalue weighted by molar-refractivity contribution is -0.137. The fraction of sp³-hybridized carbons (Fsp3) is 0.333. The zero-order chi connectivity index (χ0) is 19.0. The molecule has 4 rings (SSSR count). The Kier molecular flexibility index (Phi) is 4.47. The molecule has 0 amide bonds. The van der Waals surface area contributed by atoms with E-state index in [1.54, 1.807) is 6.07 Å². The number of oxazole rings is 1. The third-order valence-corrected chi connectivity index (χ3v) is 4.52. The van der Waals surface area contributed by atoms with Crippen LogP contribution in [0, 0.1) is 5.82 Å². The minimum Gasteiger partial charge on any atom is -0.423 e. The molecule has 1 saturated heterocycles. The van der Waals surface area contributed by atoms with E-state index in [-0.39, 0.29) is 5.82 Å². The Morgan fingerprint density at radius 2 is 1.81 bits per heavy atom. The highest BCUT2D eigenvalue weighted by atomic mass is 19.4. The highest BCUT2D eigenvalue weighted by Crippen LogP contribution is 2.28. The van der Waals surface area contributed by atoms with Gasteiger partial charge in [-0.15, -0.1) is 0 Å². The Balaban J connectivity index is 1.37. The van der Waals surface area contributed by atoms with E-state index >= 15 is 0 Å². The first-order chi connectivity index (χ1) is 12.9. The lowest BCUT2D eigenvalue weighted by Gasteiger charge is -2.33. The summed E-state index contributed by atoms with van der Waals surface area (Å²) in [5.74, 6) is -0.376. The fourth-order valence-corrected chi connectivity index (χ4v) is 3.03. The summed E-state index contributed by atoms with van der Waals surface area (Å²) in [4.78, 5) is 12.4. The second kappa shape index (κ2) is 6.80. The highest BCUT2D eigenvalue weighted by Gasteiger charge is 2.30. The molecule has 0 N–H and O–H groups in total. The number of rotatable bonds is 3. The predicted octanol–water partition coefficient (Wildman–Crippen LogP) is 3.70. The normalized spacial score (nSPS) is 16.2. The summed E-state index contributed by atoms with van der Waals surface area (Å²) in [6, 6.07) is 7.12. The summed E-state index contributed by atoms with van der Waals surface area (Å²) in [5, 5.41) is 0. The van der Waals surface area contributed by atoms with Crippen LogP contribution in [0.25, 0.3) is 11.1 Å². The Labute approximate surface area is 152 Å². The van der Waals surface area contributed by atoms with Crippen molar-refractivity contribution in [2.45, 2.75) is 12.7 Å². The molecular formula is C18H16F4N4O. The molecule has 0 unspecified atom stereocenters. The molecule has 9 heteroatoms. The van der Waals surface area contributed by atoms with Gasteiger partial charge < -0.3 is 9.32 Å². The summed E-state index contributed by atoms with van der Waals surface area (Å²) in [7, 11) is 0. The predicted molar refractivity (Wildman–Crippen MR) is 90.7 cm³/mol. The summed E-state index contributed by atoms with van der Waals surface area (Å²) in [6.45, 7) is 3.15. The van der Waals surface area contributed by atoms with Gasteiger partial charge in [-0.25, -0.2) is 4.39 Å². The van der Waals surface area contributed by atoms with Crippen molar-refractivity contribution >= 4 is 17.1 Å². The maximum absolute atomic E-state index is 13.3. The van der Waals surface area contributed by atoms with Crippen molar-refractivity contribution < 1.29 is 22.0 Å². The van der Waals surface area contributed by atoms with Crippen molar-refractivity contribution in [1.29, 1.82) is 0 Å². The molecular weight excluding hydrogens is 364 g/mol. The number of pyridine rings is 1. The summed E-state index contributed by atoms with van der Waals surface area (Å²) in [5.41, 5.74) is 0.849. The topological polar surface area (TPSA) is 45.4 Å². The number of anilines is 1. The second-order valence-electron chi connectivity index (χ2n) is 6.41. The standard InChI is InChI=1S/C18H16F4N4O/c19-13-2-4-15-16(9-13)27-17(24-15)26-7-5-25(6-8-26)11-14-3-1-12(10-23-14)18(20,21)22/h1-4,9-10H,5-8,11H2. The van der Waals surface area contributed by atoms with Gasteiger partial charge in [0.25, 0.3) is 6.01 Å². The molecule has 3 aromatic rings. The minimum absolute atomic E-state index is 0.376. The van der Waals surface area contributed by atoms with E-state index in [1.165, 1.54) is 18.2 Å². The van der Waals surface area contributed by atoms with Gasteiger partial charge in [-0.2, -0.15) is 18.2 Å². The van der Waals surface area contributed by atoms with Gasteiger partial charge in [-0.1, -0.05) is 0 Å². The largest absolute Gasteiger partial charge is 0.423 e. The van der Waals surface area contributed by atoms with Crippen molar-refractivity contribution in [2.24, 2.45) is 0 Å². The van der Waals surface area contributed by atoms with Crippen LogP contribution in [-0.4, -0.2) is 41.0 Å². The summed E-state index contributed by atoms with van der Waals surface area (Å²) in [6.07, 6.45) is -3.51. The van der Waals surface area contributed by atoms with Crippen LogP contribution in [0.4, 0.5) is 23.6 Å². The number of fused-ring (bicyclic) bond motifs is 1. The van der Waals surface area contributed by atoms with E-state index in [2.05, 4.69) is 14.9 Å². The molecule has 5 nitrogen and oxygen atoms in total. The molecule has 1 aliphatic heterocycles. The molecule has 0 bridgehead atoms. The maximum Gasteiger partial charge on any atom is 0.417 e. The van der Waals surface area contributed by atoms with Gasteiger partial charge in [0.2, 0.25) is 0 Å². The van der Waals surface area contributed by atoms with Crippen LogP contribution >= 0.6 is 0 Å². The number of hydrogen-bond donors (Lipinski definition) is 0. The SMILES string of the molecule is Fc1ccc2nc(N3CCN(Cc4ccc(C(F)(F)F)cn4)CC3)oc2c1. The lowest BCUT2D eigenvalue weighted by atomic mass is 10.2. The van der Waals surface area contributed by atoms with Crippen LogP contribution in [0.1, 0.15) is 11.3 Å². The number of nitrogens with zero attached hydrogens (tertiary/aromatic N) is 4. The molecule has 1 fully saturated rings. The minimum atomic E-state index is -4.38. The maximum atomic E-state index is 13.3. The first-order valence-corrected chi connectivity index (χ1v) is 8.44. The monoisotopic (exact) mass is 380 g/mol. The summed E-state index contributed by atoms with van der Waals surface area (Å²) < 4.78 is 56.7. The molecule has 1 aromatic carbocycles. The zero-order valence-corrected chi connectivity index (χ0v) is 14.2. The third kappa shape index (κ3) is 3.87. The van der Waals surface area contributed by atoms with Crippen molar-refractivity contribution in [2.75, 3.05) is 31.1 Å². The van der Waals surface area contributed by atoms with Gasteiger partial charge in [-0.05, 0) is 24.3 Å². The highest BCUT2D eigenvalue weighted by molar-refractivity contribution is 5.74. The van der Waals surface area contributed by atoms with E-state index in [9.17, 15) is 17.6 Å². The second-order valence-corrected chi connectivity index (χ2v) is 6.41. The van der Waals surface area contributed by atoms with Crippen LogP contribution in [0.2, 0.25) is 0 Å². The van der Waals surface area contributed by atoms with Crippen LogP contribution in [0.15, 0.2) is 40.9 Å². The first kappa shape index (κ1) is 17.7. The molecule has 3 heterocycles. The average molecular weight is 380 g/mol. The van der Waals surface area contributed by atoms with Gasteiger partial charge in [0.1, 0.15) is 11.3 Å². The number of benzene rings is 1. The Morgan fingerprint density at radius 3 is 2.48 bits per heavy atom. The van der Waals surface area contributed by atoms with Crippen molar-refractivity contribution in [3.05, 3.63) is 53.6 Å². The first-order valence-electron chi connectivity index (χ1n) is 8.44. The quantitative estimate of drug-likeness (QED) is 0.649. The molecule has 0 spiro atoms. The Bertz CT molecular complexity index is 931. The number of alkyl halides is 3. The molecule has 0 atom stereocenters. The van der Waals surface area contributed by atoms with Crippen LogP contribution < -0.4 is 4.90 Å². The van der Waals surface area contributed by atoms with E-state index in [4.69, 9.17) is 4.42 Å². The van der Waals surface area contributed by atoms with E-state index < -0.39 is 11.7 Å². The smallest absolute Gasteiger partial charge is 0.417 e. The molecule has 27 heavy (non-hydrogen) atoms. The molecule has 1 aliphatic rings. The Morgan fingerprint density at radius 1 is 1.04 bits per heavy atom. The van der Waals surface area contributed by atoms with Crippen molar-refractivity contribution in [1.82, 2.24) is 14.9 Å². The van der Waals surface area contributed by atoms with Crippen LogP contribution in [0.5, 0.6) is 0 Å². The molecule has 142 valence electrons. The number of aromatic nitrogens is 2. The van der Waals surface area contributed by atoms with Crippen LogP contribution in [0.3, 0.4) is 0 Å². The summed E-state index contributed by atoms with van der Waals surface area (Å²) >= 11 is 0. The van der Waals surface area contributed by atoms with Gasteiger partial charge in [-0.3, -0.25) is 9.88 Å². The van der Waals surface area contributed by atoms with Gasteiger partial charge >= 0.3 is 6.18 Å². The fourth-order valence-electron chi connectivity index (χ4n) is 3.03. The molecule has 0 aliphatic carbocycles. The number of hydrogen-bond acceptors (Lipinski definition) is 5. The third-order valence-electron chi connectivity index (χ3n) is 4.52. The van der Waals surface area contributed by atoms with Crippen LogP contribution in [-0.2, 0) is 12.7 Å². The lowest BCUT2D eigenvalue weighted by Crippen LogP contribution is -2.46.